The third-order valence-electron chi connectivity index (χ3n) is 2.92. The highest BCUT2D eigenvalue weighted by Crippen LogP contribution is 2.21. The second kappa shape index (κ2) is 6.19. The Balaban J connectivity index is 2.75. The van der Waals surface area contributed by atoms with Crippen LogP contribution in [0, 0.1) is 5.41 Å². The predicted octanol–water partition coefficient (Wildman–Crippen LogP) is 2.26. The number of hydrogen-bond donors (Lipinski definition) is 1. The van der Waals surface area contributed by atoms with E-state index >= 15 is 0 Å². The van der Waals surface area contributed by atoms with Gasteiger partial charge in [-0.25, -0.2) is 0 Å². The number of Topliss-reactive ketones (excluding diaryl/α,β-unsaturated/α-hetero) is 1. The first-order valence-corrected chi connectivity index (χ1v) is 5.98. The fourth-order valence-corrected chi connectivity index (χ4v) is 1.47. The summed E-state index contributed by atoms with van der Waals surface area (Å²) >= 11 is 0. The molecule has 0 aliphatic carbocycles. The Morgan fingerprint density at radius 2 is 1.89 bits per heavy atom. The lowest BCUT2D eigenvalue weighted by Crippen LogP contribution is -2.42. The smallest absolute Gasteiger partial charge is 0.321 e. The number of carbonyl (C=O) groups excluding carboxylic acids is 2. The summed E-state index contributed by atoms with van der Waals surface area (Å²) in [6, 6.07) is 9.44. The van der Waals surface area contributed by atoms with Crippen molar-refractivity contribution in [3.63, 3.8) is 0 Å². The minimum atomic E-state index is -1.15. The van der Waals surface area contributed by atoms with Gasteiger partial charge in [0.25, 0.3) is 0 Å². The van der Waals surface area contributed by atoms with Gasteiger partial charge in [0, 0.05) is 12.2 Å². The largest absolute Gasteiger partial charge is 0.465 e. The molecule has 4 nitrogen and oxygen atoms in total. The van der Waals surface area contributed by atoms with Crippen LogP contribution in [0.2, 0.25) is 0 Å². The standard InChI is InChI=1S/C14H19NO3/c1-4-18-13(17)14(3,11(2)16)10-15-12-8-6-5-7-9-12/h5-9,15H,4,10H2,1-3H3. The molecule has 0 heterocycles. The minimum absolute atomic E-state index is 0.204. The van der Waals surface area contributed by atoms with Gasteiger partial charge in [-0.3, -0.25) is 9.59 Å². The van der Waals surface area contributed by atoms with E-state index in [4.69, 9.17) is 4.74 Å². The van der Waals surface area contributed by atoms with Gasteiger partial charge in [0.05, 0.1) is 6.61 Å². The molecule has 98 valence electrons. The second-order valence-corrected chi connectivity index (χ2v) is 4.33. The molecular formula is C14H19NO3. The Morgan fingerprint density at radius 3 is 2.39 bits per heavy atom. The summed E-state index contributed by atoms with van der Waals surface area (Å²) in [6.45, 7) is 5.23. The molecule has 1 rings (SSSR count). The second-order valence-electron chi connectivity index (χ2n) is 4.33. The average Bonchev–Trinajstić information content (AvgIpc) is 2.37. The minimum Gasteiger partial charge on any atom is -0.465 e. The number of nitrogens with one attached hydrogen (secondary N) is 1. The quantitative estimate of drug-likeness (QED) is 0.620. The number of ether oxygens (including phenoxy) is 1. The van der Waals surface area contributed by atoms with Crippen LogP contribution in [-0.2, 0) is 14.3 Å². The maximum absolute atomic E-state index is 11.8. The lowest BCUT2D eigenvalue weighted by atomic mass is 9.86. The van der Waals surface area contributed by atoms with Gasteiger partial charge in [-0.05, 0) is 32.9 Å². The molecule has 0 spiro atoms. The van der Waals surface area contributed by atoms with Gasteiger partial charge < -0.3 is 10.1 Å². The van der Waals surface area contributed by atoms with E-state index in [-0.39, 0.29) is 18.9 Å². The molecule has 0 aromatic heterocycles. The van der Waals surface area contributed by atoms with Crippen LogP contribution in [0.25, 0.3) is 0 Å². The van der Waals surface area contributed by atoms with E-state index in [0.717, 1.165) is 5.69 Å². The molecule has 0 saturated carbocycles. The van der Waals surface area contributed by atoms with Crippen LogP contribution in [0.4, 0.5) is 5.69 Å². The Hall–Kier alpha value is -1.84. The highest BCUT2D eigenvalue weighted by atomic mass is 16.5. The molecular weight excluding hydrogens is 230 g/mol. The van der Waals surface area contributed by atoms with Gasteiger partial charge >= 0.3 is 5.97 Å². The van der Waals surface area contributed by atoms with Crippen molar-refractivity contribution in [1.82, 2.24) is 0 Å². The van der Waals surface area contributed by atoms with Gasteiger partial charge in [-0.1, -0.05) is 18.2 Å². The Labute approximate surface area is 107 Å². The van der Waals surface area contributed by atoms with Crippen molar-refractivity contribution in [2.75, 3.05) is 18.5 Å². The zero-order valence-electron chi connectivity index (χ0n) is 11.0. The molecule has 0 fully saturated rings. The summed E-state index contributed by atoms with van der Waals surface area (Å²) in [4.78, 5) is 23.5. The Bertz CT molecular complexity index is 416. The zero-order chi connectivity index (χ0) is 13.6. The van der Waals surface area contributed by atoms with Gasteiger partial charge in [-0.2, -0.15) is 0 Å². The molecule has 18 heavy (non-hydrogen) atoms. The maximum Gasteiger partial charge on any atom is 0.321 e. The number of esters is 1. The lowest BCUT2D eigenvalue weighted by molar-refractivity contribution is -0.157. The fourth-order valence-electron chi connectivity index (χ4n) is 1.47. The number of hydrogen-bond acceptors (Lipinski definition) is 4. The third-order valence-corrected chi connectivity index (χ3v) is 2.92. The summed E-state index contributed by atoms with van der Waals surface area (Å²) in [5, 5.41) is 3.08. The summed E-state index contributed by atoms with van der Waals surface area (Å²) in [5.74, 6) is -0.690. The molecule has 0 amide bonds. The summed E-state index contributed by atoms with van der Waals surface area (Å²) < 4.78 is 4.96. The number of benzene rings is 1. The molecule has 1 atom stereocenters. The van der Waals surface area contributed by atoms with Crippen molar-refractivity contribution >= 4 is 17.4 Å². The van der Waals surface area contributed by atoms with Crippen LogP contribution in [0.1, 0.15) is 20.8 Å². The van der Waals surface area contributed by atoms with Crippen LogP contribution in [0.5, 0.6) is 0 Å². The molecule has 0 aliphatic heterocycles. The zero-order valence-corrected chi connectivity index (χ0v) is 11.0. The summed E-state index contributed by atoms with van der Waals surface area (Å²) in [6.07, 6.45) is 0. The summed E-state index contributed by atoms with van der Waals surface area (Å²) in [5.41, 5.74) is -0.277. The Kier molecular flexibility index (Phi) is 4.89. The first kappa shape index (κ1) is 14.2. The van der Waals surface area contributed by atoms with Gasteiger partial charge in [-0.15, -0.1) is 0 Å². The highest BCUT2D eigenvalue weighted by Gasteiger charge is 2.39. The number of rotatable bonds is 6. The van der Waals surface area contributed by atoms with E-state index in [1.807, 2.05) is 30.3 Å². The van der Waals surface area contributed by atoms with E-state index in [1.165, 1.54) is 6.92 Å². The fraction of sp³-hybridized carbons (Fsp3) is 0.429. The van der Waals surface area contributed by atoms with Crippen LogP contribution in [-0.4, -0.2) is 24.9 Å². The highest BCUT2D eigenvalue weighted by molar-refractivity contribution is 6.02. The van der Waals surface area contributed by atoms with Crippen molar-refractivity contribution in [3.8, 4) is 0 Å². The maximum atomic E-state index is 11.8. The van der Waals surface area contributed by atoms with Crippen molar-refractivity contribution < 1.29 is 14.3 Å². The molecule has 1 aromatic carbocycles. The van der Waals surface area contributed by atoms with Gasteiger partial charge in [0.1, 0.15) is 11.2 Å². The van der Waals surface area contributed by atoms with E-state index in [0.29, 0.717) is 0 Å². The number of anilines is 1. The molecule has 0 aliphatic rings. The van der Waals surface area contributed by atoms with Crippen LogP contribution in [0.15, 0.2) is 30.3 Å². The van der Waals surface area contributed by atoms with Crippen molar-refractivity contribution in [1.29, 1.82) is 0 Å². The molecule has 1 unspecified atom stereocenters. The molecule has 1 N–H and O–H groups in total. The van der Waals surface area contributed by atoms with E-state index < -0.39 is 11.4 Å². The SMILES string of the molecule is CCOC(=O)C(C)(CNc1ccccc1)C(C)=O. The molecule has 0 radical (unpaired) electrons. The van der Waals surface area contributed by atoms with E-state index in [2.05, 4.69) is 5.32 Å². The topological polar surface area (TPSA) is 55.4 Å². The van der Waals surface area contributed by atoms with Crippen molar-refractivity contribution in [2.24, 2.45) is 5.41 Å². The Morgan fingerprint density at radius 1 is 1.28 bits per heavy atom. The monoisotopic (exact) mass is 249 g/mol. The first-order chi connectivity index (χ1) is 8.50. The van der Waals surface area contributed by atoms with E-state index in [9.17, 15) is 9.59 Å². The van der Waals surface area contributed by atoms with Crippen molar-refractivity contribution in [3.05, 3.63) is 30.3 Å². The normalized spacial score (nSPS) is 13.5. The number of ketones is 1. The molecule has 4 heteroatoms. The van der Waals surface area contributed by atoms with Crippen LogP contribution >= 0.6 is 0 Å². The summed E-state index contributed by atoms with van der Waals surface area (Å²) in [7, 11) is 0. The van der Waals surface area contributed by atoms with Crippen LogP contribution in [0.3, 0.4) is 0 Å². The van der Waals surface area contributed by atoms with Gasteiger partial charge in [0.2, 0.25) is 0 Å². The van der Waals surface area contributed by atoms with Crippen molar-refractivity contribution in [2.45, 2.75) is 20.8 Å². The number of para-hydroxylation sites is 1. The molecule has 0 saturated heterocycles. The van der Waals surface area contributed by atoms with Crippen LogP contribution < -0.4 is 5.32 Å². The van der Waals surface area contributed by atoms with Gasteiger partial charge in [0.15, 0.2) is 0 Å². The number of carbonyl (C=O) groups is 2. The average molecular weight is 249 g/mol. The van der Waals surface area contributed by atoms with E-state index in [1.54, 1.807) is 13.8 Å². The lowest BCUT2D eigenvalue weighted by Gasteiger charge is -2.25. The predicted molar refractivity (Wildman–Crippen MR) is 70.4 cm³/mol. The molecule has 1 aromatic rings. The first-order valence-electron chi connectivity index (χ1n) is 5.98. The molecule has 0 bridgehead atoms. The third kappa shape index (κ3) is 3.32.